The molecule has 0 atom stereocenters. The molecule has 1 aromatic heterocycles. The first-order chi connectivity index (χ1) is 9.20. The van der Waals surface area contributed by atoms with Crippen molar-refractivity contribution in [3.63, 3.8) is 0 Å². The molecule has 0 unspecified atom stereocenters. The lowest BCUT2D eigenvalue weighted by Gasteiger charge is -2.30. The van der Waals surface area contributed by atoms with Gasteiger partial charge in [0.1, 0.15) is 5.69 Å². The minimum Gasteiger partial charge on any atom is -0.354 e. The lowest BCUT2D eigenvalue weighted by Crippen LogP contribution is -2.38. The molecular weight excluding hydrogens is 240 g/mol. The molecule has 2 heterocycles. The van der Waals surface area contributed by atoms with E-state index >= 15 is 0 Å². The number of carbonyl (C=O) groups is 1. The summed E-state index contributed by atoms with van der Waals surface area (Å²) in [5.74, 6) is 1.28. The monoisotopic (exact) mass is 262 g/mol. The van der Waals surface area contributed by atoms with Gasteiger partial charge in [0, 0.05) is 25.8 Å². The third kappa shape index (κ3) is 3.66. The zero-order valence-electron chi connectivity index (χ0n) is 11.7. The van der Waals surface area contributed by atoms with Crippen molar-refractivity contribution in [2.75, 3.05) is 25.0 Å². The summed E-state index contributed by atoms with van der Waals surface area (Å²) in [6.07, 6.45) is 4.81. The molecule has 19 heavy (non-hydrogen) atoms. The second-order valence-corrected chi connectivity index (χ2v) is 5.17. The molecular formula is C14H22N4O. The Morgan fingerprint density at radius 1 is 1.47 bits per heavy atom. The number of hydrogen-bond donors (Lipinski definition) is 1. The average molecular weight is 262 g/mol. The topological polar surface area (TPSA) is 58.1 Å². The summed E-state index contributed by atoms with van der Waals surface area (Å²) in [6.45, 7) is 6.80. The van der Waals surface area contributed by atoms with Gasteiger partial charge in [-0.1, -0.05) is 13.8 Å². The Labute approximate surface area is 114 Å². The van der Waals surface area contributed by atoms with Crippen LogP contribution in [0.2, 0.25) is 0 Å². The highest BCUT2D eigenvalue weighted by molar-refractivity contribution is 5.92. The highest BCUT2D eigenvalue weighted by Gasteiger charge is 2.22. The number of amides is 1. The Morgan fingerprint density at radius 2 is 2.21 bits per heavy atom. The van der Waals surface area contributed by atoms with Gasteiger partial charge in [0.25, 0.3) is 5.91 Å². The van der Waals surface area contributed by atoms with E-state index < -0.39 is 0 Å². The molecule has 0 bridgehead atoms. The van der Waals surface area contributed by atoms with Gasteiger partial charge in [0.2, 0.25) is 5.95 Å². The van der Waals surface area contributed by atoms with Crippen LogP contribution in [0.4, 0.5) is 5.95 Å². The maximum absolute atomic E-state index is 12.3. The van der Waals surface area contributed by atoms with E-state index in [1.807, 2.05) is 4.90 Å². The van der Waals surface area contributed by atoms with E-state index in [0.717, 1.165) is 44.8 Å². The molecule has 104 valence electrons. The molecule has 0 aromatic carbocycles. The fourth-order valence-electron chi connectivity index (χ4n) is 2.17. The van der Waals surface area contributed by atoms with E-state index in [0.29, 0.717) is 11.6 Å². The van der Waals surface area contributed by atoms with E-state index in [4.69, 9.17) is 0 Å². The number of rotatable bonds is 4. The molecule has 0 saturated carbocycles. The molecule has 5 nitrogen and oxygen atoms in total. The van der Waals surface area contributed by atoms with E-state index in [1.54, 1.807) is 12.3 Å². The number of nitrogens with zero attached hydrogens (tertiary/aromatic N) is 3. The maximum atomic E-state index is 12.3. The average Bonchev–Trinajstić information content (AvgIpc) is 2.45. The number of carbonyl (C=O) groups excluding carboxylic acids is 1. The summed E-state index contributed by atoms with van der Waals surface area (Å²) in [5.41, 5.74) is 0.489. The van der Waals surface area contributed by atoms with Crippen LogP contribution in [-0.2, 0) is 0 Å². The summed E-state index contributed by atoms with van der Waals surface area (Å²) >= 11 is 0. The Morgan fingerprint density at radius 3 is 2.89 bits per heavy atom. The number of piperidine rings is 1. The van der Waals surface area contributed by atoms with Gasteiger partial charge in [-0.2, -0.15) is 0 Å². The number of nitrogens with one attached hydrogen (secondary N) is 1. The quantitative estimate of drug-likeness (QED) is 0.903. The molecule has 1 aliphatic rings. The number of hydrogen-bond acceptors (Lipinski definition) is 4. The van der Waals surface area contributed by atoms with Crippen LogP contribution in [0.25, 0.3) is 0 Å². The lowest BCUT2D eigenvalue weighted by molar-refractivity contribution is 0.0691. The van der Waals surface area contributed by atoms with Gasteiger partial charge in [0.05, 0.1) is 0 Å². The van der Waals surface area contributed by atoms with Crippen molar-refractivity contribution in [2.45, 2.75) is 33.1 Å². The van der Waals surface area contributed by atoms with Crippen LogP contribution in [0.3, 0.4) is 0 Å². The van der Waals surface area contributed by atoms with Crippen molar-refractivity contribution in [3.8, 4) is 0 Å². The summed E-state index contributed by atoms with van der Waals surface area (Å²) < 4.78 is 0. The predicted octanol–water partition coefficient (Wildman–Crippen LogP) is 2.17. The fourth-order valence-corrected chi connectivity index (χ4v) is 2.17. The van der Waals surface area contributed by atoms with Crippen LogP contribution in [0.5, 0.6) is 0 Å². The normalized spacial score (nSPS) is 16.4. The molecule has 1 aromatic rings. The standard InChI is InChI=1S/C14H22N4O/c1-3-7-15-14-16-8-4-12(17-14)13(19)18-9-5-11(2)6-10-18/h4,8,11H,3,5-7,9-10H2,1-2H3,(H,15,16,17). The largest absolute Gasteiger partial charge is 0.354 e. The molecule has 1 N–H and O–H groups in total. The Balaban J connectivity index is 2.02. The number of anilines is 1. The van der Waals surface area contributed by atoms with Gasteiger partial charge in [0.15, 0.2) is 0 Å². The molecule has 1 saturated heterocycles. The number of aromatic nitrogens is 2. The smallest absolute Gasteiger partial charge is 0.272 e. The van der Waals surface area contributed by atoms with Crippen LogP contribution in [0.15, 0.2) is 12.3 Å². The molecule has 1 aliphatic heterocycles. The van der Waals surface area contributed by atoms with Crippen LogP contribution in [-0.4, -0.2) is 40.4 Å². The maximum Gasteiger partial charge on any atom is 0.272 e. The van der Waals surface area contributed by atoms with Gasteiger partial charge in [-0.05, 0) is 31.2 Å². The fraction of sp³-hybridized carbons (Fsp3) is 0.643. The van der Waals surface area contributed by atoms with Crippen molar-refractivity contribution in [2.24, 2.45) is 5.92 Å². The van der Waals surface area contributed by atoms with Crippen LogP contribution < -0.4 is 5.32 Å². The second-order valence-electron chi connectivity index (χ2n) is 5.17. The zero-order valence-corrected chi connectivity index (χ0v) is 11.7. The summed E-state index contributed by atoms with van der Waals surface area (Å²) in [6, 6.07) is 1.69. The van der Waals surface area contributed by atoms with Crippen molar-refractivity contribution >= 4 is 11.9 Å². The third-order valence-electron chi connectivity index (χ3n) is 3.48. The Kier molecular flexibility index (Phi) is 4.71. The van der Waals surface area contributed by atoms with Gasteiger partial charge < -0.3 is 10.2 Å². The highest BCUT2D eigenvalue weighted by atomic mass is 16.2. The first-order valence-corrected chi connectivity index (χ1v) is 7.07. The molecule has 1 fully saturated rings. The van der Waals surface area contributed by atoms with Crippen LogP contribution in [0, 0.1) is 5.92 Å². The van der Waals surface area contributed by atoms with Crippen molar-refractivity contribution < 1.29 is 4.79 Å². The first kappa shape index (κ1) is 13.8. The van der Waals surface area contributed by atoms with Crippen LogP contribution in [0.1, 0.15) is 43.6 Å². The summed E-state index contributed by atoms with van der Waals surface area (Å²) in [4.78, 5) is 22.6. The summed E-state index contributed by atoms with van der Waals surface area (Å²) in [5, 5.41) is 3.11. The lowest BCUT2D eigenvalue weighted by atomic mass is 9.99. The van der Waals surface area contributed by atoms with E-state index in [-0.39, 0.29) is 5.91 Å². The van der Waals surface area contributed by atoms with Gasteiger partial charge in [-0.3, -0.25) is 4.79 Å². The summed E-state index contributed by atoms with van der Waals surface area (Å²) in [7, 11) is 0. The second kappa shape index (κ2) is 6.50. The molecule has 2 rings (SSSR count). The van der Waals surface area contributed by atoms with Crippen LogP contribution >= 0.6 is 0 Å². The molecule has 0 radical (unpaired) electrons. The van der Waals surface area contributed by atoms with E-state index in [2.05, 4.69) is 29.1 Å². The van der Waals surface area contributed by atoms with Gasteiger partial charge in [-0.25, -0.2) is 9.97 Å². The van der Waals surface area contributed by atoms with Crippen molar-refractivity contribution in [3.05, 3.63) is 18.0 Å². The molecule has 0 aliphatic carbocycles. The molecule has 5 heteroatoms. The highest BCUT2D eigenvalue weighted by Crippen LogP contribution is 2.17. The minimum atomic E-state index is 0.0221. The van der Waals surface area contributed by atoms with E-state index in [9.17, 15) is 4.79 Å². The minimum absolute atomic E-state index is 0.0221. The Hall–Kier alpha value is -1.65. The SMILES string of the molecule is CCCNc1nccc(C(=O)N2CCC(C)CC2)n1. The van der Waals surface area contributed by atoms with Gasteiger partial charge in [-0.15, -0.1) is 0 Å². The van der Waals surface area contributed by atoms with Crippen molar-refractivity contribution in [1.82, 2.24) is 14.9 Å². The molecule has 1 amide bonds. The zero-order chi connectivity index (χ0) is 13.7. The first-order valence-electron chi connectivity index (χ1n) is 7.07. The van der Waals surface area contributed by atoms with Crippen molar-refractivity contribution in [1.29, 1.82) is 0 Å². The molecule has 0 spiro atoms. The predicted molar refractivity (Wildman–Crippen MR) is 75.1 cm³/mol. The van der Waals surface area contributed by atoms with Gasteiger partial charge >= 0.3 is 0 Å². The van der Waals surface area contributed by atoms with E-state index in [1.165, 1.54) is 0 Å². The third-order valence-corrected chi connectivity index (χ3v) is 3.48. The number of likely N-dealkylation sites (tertiary alicyclic amines) is 1. The Bertz CT molecular complexity index is 427.